The highest BCUT2D eigenvalue weighted by Gasteiger charge is 2.44. The Morgan fingerprint density at radius 1 is 1.29 bits per heavy atom. The van der Waals surface area contributed by atoms with E-state index < -0.39 is 18.1 Å². The summed E-state index contributed by atoms with van der Waals surface area (Å²) < 4.78 is 30.0. The van der Waals surface area contributed by atoms with Crippen LogP contribution in [0, 0.1) is 0 Å². The zero-order valence-corrected chi connectivity index (χ0v) is 9.19. The second-order valence-electron chi connectivity index (χ2n) is 3.43. The first-order valence-corrected chi connectivity index (χ1v) is 4.89. The molecule has 4 heteroatoms. The Kier molecular flexibility index (Phi) is 4.65. The highest BCUT2D eigenvalue weighted by atomic mass is 19.3. The summed E-state index contributed by atoms with van der Waals surface area (Å²) in [5.41, 5.74) is -0.984. The van der Waals surface area contributed by atoms with Crippen molar-refractivity contribution in [2.75, 3.05) is 6.61 Å². The van der Waals surface area contributed by atoms with E-state index in [1.165, 1.54) is 6.92 Å². The van der Waals surface area contributed by atoms with Crippen molar-refractivity contribution in [2.45, 2.75) is 52.1 Å². The lowest BCUT2D eigenvalue weighted by atomic mass is 9.91. The van der Waals surface area contributed by atoms with Crippen LogP contribution in [0.4, 0.5) is 8.78 Å². The van der Waals surface area contributed by atoms with Crippen molar-refractivity contribution < 1.29 is 18.3 Å². The summed E-state index contributed by atoms with van der Waals surface area (Å²) in [5.74, 6) is -2.94. The molecule has 1 heterocycles. The molecule has 0 N–H and O–H groups in total. The maximum atomic E-state index is 12.6. The van der Waals surface area contributed by atoms with Gasteiger partial charge in [0.15, 0.2) is 5.78 Å². The Hall–Kier alpha value is -0.510. The summed E-state index contributed by atoms with van der Waals surface area (Å²) in [7, 11) is 0. The molecule has 0 aliphatic carbocycles. The van der Waals surface area contributed by atoms with Gasteiger partial charge in [-0.1, -0.05) is 13.8 Å². The molecule has 1 atom stereocenters. The number of hydrogen-bond acceptors (Lipinski definition) is 2. The van der Waals surface area contributed by atoms with Gasteiger partial charge in [0, 0.05) is 6.42 Å². The zero-order chi connectivity index (χ0) is 11.4. The number of carbonyl (C=O) groups excluding carboxylic acids is 1. The number of ketones is 1. The van der Waals surface area contributed by atoms with Crippen LogP contribution in [0.5, 0.6) is 0 Å². The van der Waals surface area contributed by atoms with Gasteiger partial charge in [0.25, 0.3) is 5.92 Å². The van der Waals surface area contributed by atoms with E-state index in [1.807, 2.05) is 13.8 Å². The zero-order valence-electron chi connectivity index (χ0n) is 9.19. The van der Waals surface area contributed by atoms with Crippen LogP contribution in [-0.4, -0.2) is 23.9 Å². The molecule has 1 aliphatic heterocycles. The predicted molar refractivity (Wildman–Crippen MR) is 50.6 cm³/mol. The van der Waals surface area contributed by atoms with E-state index in [9.17, 15) is 13.6 Å². The number of Topliss-reactive ketones (excluding diaryl/α,β-unsaturated/α-hetero) is 1. The van der Waals surface area contributed by atoms with E-state index in [0.29, 0.717) is 0 Å². The molecule has 0 aromatic heterocycles. The largest absolute Gasteiger partial charge is 0.361 e. The van der Waals surface area contributed by atoms with Crippen LogP contribution in [-0.2, 0) is 9.53 Å². The molecule has 14 heavy (non-hydrogen) atoms. The van der Waals surface area contributed by atoms with Gasteiger partial charge >= 0.3 is 0 Å². The molecular formula is C10H18F2O2. The number of carbonyl (C=O) groups is 1. The lowest BCUT2D eigenvalue weighted by Crippen LogP contribution is -2.46. The van der Waals surface area contributed by atoms with Crippen LogP contribution >= 0.6 is 0 Å². The fraction of sp³-hybridized carbons (Fsp3) is 0.900. The summed E-state index contributed by atoms with van der Waals surface area (Å²) in [4.78, 5) is 11.0. The Morgan fingerprint density at radius 2 is 1.79 bits per heavy atom. The summed E-state index contributed by atoms with van der Waals surface area (Å²) in [6.07, 6.45) is -0.154. The first-order chi connectivity index (χ1) is 6.36. The van der Waals surface area contributed by atoms with Crippen LogP contribution in [0.25, 0.3) is 0 Å². The molecule has 0 spiro atoms. The van der Waals surface area contributed by atoms with Gasteiger partial charge in [-0.05, 0) is 20.3 Å². The SMILES string of the molecule is CC.CC(=O)[C@@]1(C)CCC(F)(F)CO1. The highest BCUT2D eigenvalue weighted by Crippen LogP contribution is 2.34. The quantitative estimate of drug-likeness (QED) is 0.662. The molecule has 84 valence electrons. The Labute approximate surface area is 83.6 Å². The fourth-order valence-corrected chi connectivity index (χ4v) is 1.11. The van der Waals surface area contributed by atoms with Crippen LogP contribution in [0.2, 0.25) is 0 Å². The molecule has 0 bridgehead atoms. The van der Waals surface area contributed by atoms with Gasteiger partial charge in [-0.25, -0.2) is 8.78 Å². The van der Waals surface area contributed by atoms with Crippen molar-refractivity contribution in [1.82, 2.24) is 0 Å². The molecule has 0 radical (unpaired) electrons. The molecular weight excluding hydrogens is 190 g/mol. The first kappa shape index (κ1) is 13.5. The van der Waals surface area contributed by atoms with Gasteiger partial charge in [0.1, 0.15) is 12.2 Å². The molecule has 1 saturated heterocycles. The molecule has 1 fully saturated rings. The molecule has 0 saturated carbocycles. The Morgan fingerprint density at radius 3 is 2.07 bits per heavy atom. The van der Waals surface area contributed by atoms with E-state index >= 15 is 0 Å². The van der Waals surface area contributed by atoms with Crippen molar-refractivity contribution in [3.05, 3.63) is 0 Å². The molecule has 2 nitrogen and oxygen atoms in total. The number of ether oxygens (including phenoxy) is 1. The van der Waals surface area contributed by atoms with Gasteiger partial charge in [0.2, 0.25) is 0 Å². The average Bonchev–Trinajstić information content (AvgIpc) is 2.14. The maximum Gasteiger partial charge on any atom is 0.271 e. The second-order valence-corrected chi connectivity index (χ2v) is 3.43. The summed E-state index contributed by atoms with van der Waals surface area (Å²) in [6, 6.07) is 0. The molecule has 0 amide bonds. The van der Waals surface area contributed by atoms with Crippen molar-refractivity contribution in [2.24, 2.45) is 0 Å². The molecule has 1 aliphatic rings. The van der Waals surface area contributed by atoms with Crippen molar-refractivity contribution in [3.8, 4) is 0 Å². The lowest BCUT2D eigenvalue weighted by Gasteiger charge is -2.35. The number of alkyl halides is 2. The average molecular weight is 208 g/mol. The highest BCUT2D eigenvalue weighted by molar-refractivity contribution is 5.84. The van der Waals surface area contributed by atoms with Crippen molar-refractivity contribution in [3.63, 3.8) is 0 Å². The topological polar surface area (TPSA) is 26.3 Å². The molecule has 0 unspecified atom stereocenters. The number of rotatable bonds is 1. The third-order valence-electron chi connectivity index (χ3n) is 2.31. The van der Waals surface area contributed by atoms with Crippen molar-refractivity contribution >= 4 is 5.78 Å². The van der Waals surface area contributed by atoms with E-state index in [4.69, 9.17) is 4.74 Å². The fourth-order valence-electron chi connectivity index (χ4n) is 1.11. The second kappa shape index (κ2) is 4.82. The van der Waals surface area contributed by atoms with Gasteiger partial charge in [0.05, 0.1) is 0 Å². The van der Waals surface area contributed by atoms with Crippen LogP contribution in [0.15, 0.2) is 0 Å². The van der Waals surface area contributed by atoms with Gasteiger partial charge < -0.3 is 4.74 Å². The molecule has 0 aromatic rings. The van der Waals surface area contributed by atoms with E-state index in [1.54, 1.807) is 6.92 Å². The number of hydrogen-bond donors (Lipinski definition) is 0. The van der Waals surface area contributed by atoms with Gasteiger partial charge in [-0.2, -0.15) is 0 Å². The number of halogens is 2. The molecule has 1 rings (SSSR count). The third-order valence-corrected chi connectivity index (χ3v) is 2.31. The van der Waals surface area contributed by atoms with E-state index in [2.05, 4.69) is 0 Å². The van der Waals surface area contributed by atoms with Crippen LogP contribution in [0.1, 0.15) is 40.5 Å². The summed E-state index contributed by atoms with van der Waals surface area (Å²) in [6.45, 7) is 6.29. The minimum absolute atomic E-state index is 0.106. The smallest absolute Gasteiger partial charge is 0.271 e. The Bertz CT molecular complexity index is 192. The van der Waals surface area contributed by atoms with Gasteiger partial charge in [-0.15, -0.1) is 0 Å². The minimum atomic E-state index is -2.76. The van der Waals surface area contributed by atoms with Crippen LogP contribution < -0.4 is 0 Å². The standard InChI is InChI=1S/C8H12F2O2.C2H6/c1-6(11)7(2)3-4-8(9,10)5-12-7;1-2/h3-5H2,1-2H3;1-2H3/t7-;/m1./s1. The van der Waals surface area contributed by atoms with Crippen molar-refractivity contribution in [1.29, 1.82) is 0 Å². The molecule has 0 aromatic carbocycles. The maximum absolute atomic E-state index is 12.6. The normalized spacial score (nSPS) is 30.1. The van der Waals surface area contributed by atoms with E-state index in [-0.39, 0.29) is 18.6 Å². The van der Waals surface area contributed by atoms with Crippen LogP contribution in [0.3, 0.4) is 0 Å². The predicted octanol–water partition coefficient (Wildman–Crippen LogP) is 2.81. The van der Waals surface area contributed by atoms with Gasteiger partial charge in [-0.3, -0.25) is 4.79 Å². The Balaban J connectivity index is 0.000000791. The first-order valence-electron chi connectivity index (χ1n) is 4.89. The minimum Gasteiger partial charge on any atom is -0.361 e. The third kappa shape index (κ3) is 3.33. The van der Waals surface area contributed by atoms with E-state index in [0.717, 1.165) is 0 Å². The monoisotopic (exact) mass is 208 g/mol. The summed E-state index contributed by atoms with van der Waals surface area (Å²) in [5, 5.41) is 0. The summed E-state index contributed by atoms with van der Waals surface area (Å²) >= 11 is 0. The lowest BCUT2D eigenvalue weighted by molar-refractivity contribution is -0.186.